The maximum Gasteiger partial charge on any atom is 0.410 e. The number of amides is 1. The molecular weight excluding hydrogens is 222 g/mol. The molecule has 0 aromatic carbocycles. The van der Waals surface area contributed by atoms with Crippen LogP contribution in [0.5, 0.6) is 0 Å². The van der Waals surface area contributed by atoms with Gasteiger partial charge in [-0.3, -0.25) is 4.90 Å². The second-order valence-corrected chi connectivity index (χ2v) is 5.84. The highest BCUT2D eigenvalue weighted by molar-refractivity contribution is 5.70. The van der Waals surface area contributed by atoms with Crippen LogP contribution in [0.15, 0.2) is 0 Å². The lowest BCUT2D eigenvalue weighted by Gasteiger charge is -2.56. The summed E-state index contributed by atoms with van der Waals surface area (Å²) in [5.74, 6) is 0. The zero-order valence-corrected chi connectivity index (χ0v) is 10.7. The Hall–Kier alpha value is -0.810. The average Bonchev–Trinajstić information content (AvgIpc) is 2.13. The molecule has 17 heavy (non-hydrogen) atoms. The Morgan fingerprint density at radius 2 is 2.24 bits per heavy atom. The van der Waals surface area contributed by atoms with Crippen molar-refractivity contribution in [2.45, 2.75) is 50.9 Å². The van der Waals surface area contributed by atoms with E-state index in [-0.39, 0.29) is 6.09 Å². The molecule has 2 aliphatic rings. The predicted molar refractivity (Wildman–Crippen MR) is 61.7 cm³/mol. The van der Waals surface area contributed by atoms with Gasteiger partial charge in [-0.05, 0) is 33.6 Å². The van der Waals surface area contributed by atoms with E-state index < -0.39 is 17.2 Å². The van der Waals surface area contributed by atoms with Crippen molar-refractivity contribution in [3.63, 3.8) is 0 Å². The molecule has 2 saturated heterocycles. The molecule has 5 heteroatoms. The molecule has 2 fully saturated rings. The van der Waals surface area contributed by atoms with Gasteiger partial charge in [0.2, 0.25) is 0 Å². The fourth-order valence-corrected chi connectivity index (χ4v) is 2.41. The number of nitrogens with zero attached hydrogens (tertiary/aromatic N) is 1. The predicted octanol–water partition coefficient (Wildman–Crippen LogP) is 1.15. The molecule has 1 amide bonds. The minimum atomic E-state index is -0.541. The Balaban J connectivity index is 2.04. The number of rotatable bonds is 0. The molecule has 0 saturated carbocycles. The zero-order valence-electron chi connectivity index (χ0n) is 10.7. The van der Waals surface area contributed by atoms with Crippen molar-refractivity contribution >= 4 is 6.09 Å². The standard InChI is InChI=1S/C12H21NO4/c1-11(2,3)17-10(15)13-6-5-12(13)8-16-7-4-9(12)14/h9,14H,4-8H2,1-3H3. The highest BCUT2D eigenvalue weighted by Crippen LogP contribution is 2.38. The van der Waals surface area contributed by atoms with Gasteiger partial charge in [0.1, 0.15) is 5.60 Å². The third-order valence-electron chi connectivity index (χ3n) is 3.43. The first-order chi connectivity index (χ1) is 7.85. The number of ether oxygens (including phenoxy) is 2. The molecule has 2 atom stereocenters. The van der Waals surface area contributed by atoms with Crippen LogP contribution in [0.3, 0.4) is 0 Å². The molecule has 0 aliphatic carbocycles. The Morgan fingerprint density at radius 1 is 1.53 bits per heavy atom. The number of carbonyl (C=O) groups is 1. The van der Waals surface area contributed by atoms with Gasteiger partial charge in [0.25, 0.3) is 0 Å². The fourth-order valence-electron chi connectivity index (χ4n) is 2.41. The first kappa shape index (κ1) is 12.6. The van der Waals surface area contributed by atoms with E-state index in [0.717, 1.165) is 6.42 Å². The summed E-state index contributed by atoms with van der Waals surface area (Å²) in [6.07, 6.45) is 0.512. The van der Waals surface area contributed by atoms with Crippen LogP contribution in [0.1, 0.15) is 33.6 Å². The van der Waals surface area contributed by atoms with Crippen LogP contribution in [0.2, 0.25) is 0 Å². The zero-order chi connectivity index (χ0) is 12.7. The summed E-state index contributed by atoms with van der Waals surface area (Å²) in [5, 5.41) is 10.1. The van der Waals surface area contributed by atoms with Gasteiger partial charge in [-0.1, -0.05) is 0 Å². The lowest BCUT2D eigenvalue weighted by molar-refractivity contribution is -0.165. The summed E-state index contributed by atoms with van der Waals surface area (Å²) >= 11 is 0. The highest BCUT2D eigenvalue weighted by atomic mass is 16.6. The van der Waals surface area contributed by atoms with Crippen LogP contribution in [0, 0.1) is 0 Å². The molecule has 0 radical (unpaired) electrons. The molecule has 5 nitrogen and oxygen atoms in total. The minimum Gasteiger partial charge on any atom is -0.444 e. The van der Waals surface area contributed by atoms with E-state index in [1.165, 1.54) is 0 Å². The molecule has 0 bridgehead atoms. The van der Waals surface area contributed by atoms with Gasteiger partial charge in [-0.15, -0.1) is 0 Å². The summed E-state index contributed by atoms with van der Waals surface area (Å²) in [6.45, 7) is 7.12. The van der Waals surface area contributed by atoms with Crippen molar-refractivity contribution in [2.24, 2.45) is 0 Å². The Bertz CT molecular complexity index is 312. The second kappa shape index (κ2) is 4.14. The summed E-state index contributed by atoms with van der Waals surface area (Å²) < 4.78 is 10.7. The van der Waals surface area contributed by atoms with Crippen LogP contribution in [0.4, 0.5) is 4.79 Å². The molecule has 2 aliphatic heterocycles. The molecule has 2 heterocycles. The van der Waals surface area contributed by atoms with E-state index >= 15 is 0 Å². The van der Waals surface area contributed by atoms with E-state index in [1.807, 2.05) is 20.8 Å². The SMILES string of the molecule is CC(C)(C)OC(=O)N1CCC12COCCC2O. The van der Waals surface area contributed by atoms with E-state index in [0.29, 0.717) is 26.2 Å². The van der Waals surface area contributed by atoms with Crippen molar-refractivity contribution in [3.05, 3.63) is 0 Å². The van der Waals surface area contributed by atoms with Crippen LogP contribution in [-0.4, -0.2) is 53.1 Å². The van der Waals surface area contributed by atoms with Crippen molar-refractivity contribution in [1.29, 1.82) is 0 Å². The normalized spacial score (nSPS) is 33.4. The molecule has 98 valence electrons. The average molecular weight is 243 g/mol. The number of carbonyl (C=O) groups excluding carboxylic acids is 1. The largest absolute Gasteiger partial charge is 0.444 e. The number of aliphatic hydroxyl groups is 1. The quantitative estimate of drug-likeness (QED) is 0.693. The first-order valence-corrected chi connectivity index (χ1v) is 6.12. The van der Waals surface area contributed by atoms with Crippen molar-refractivity contribution in [1.82, 2.24) is 4.90 Å². The monoisotopic (exact) mass is 243 g/mol. The maximum absolute atomic E-state index is 12.0. The van der Waals surface area contributed by atoms with Gasteiger partial charge in [-0.2, -0.15) is 0 Å². The van der Waals surface area contributed by atoms with Gasteiger partial charge in [0, 0.05) is 13.2 Å². The van der Waals surface area contributed by atoms with Crippen molar-refractivity contribution in [2.75, 3.05) is 19.8 Å². The number of likely N-dealkylation sites (tertiary alicyclic amines) is 1. The second-order valence-electron chi connectivity index (χ2n) is 5.84. The first-order valence-electron chi connectivity index (χ1n) is 6.12. The van der Waals surface area contributed by atoms with Gasteiger partial charge < -0.3 is 14.6 Å². The lowest BCUT2D eigenvalue weighted by atomic mass is 9.78. The van der Waals surface area contributed by atoms with E-state index in [9.17, 15) is 9.90 Å². The number of hydrogen-bond donors (Lipinski definition) is 1. The third-order valence-corrected chi connectivity index (χ3v) is 3.43. The Labute approximate surface area is 102 Å². The molecule has 1 spiro atoms. The van der Waals surface area contributed by atoms with Gasteiger partial charge >= 0.3 is 6.09 Å². The fraction of sp³-hybridized carbons (Fsp3) is 0.917. The van der Waals surface area contributed by atoms with Crippen LogP contribution in [-0.2, 0) is 9.47 Å². The minimum absolute atomic E-state index is 0.353. The molecule has 1 N–H and O–H groups in total. The maximum atomic E-state index is 12.0. The Morgan fingerprint density at radius 3 is 2.71 bits per heavy atom. The van der Waals surface area contributed by atoms with E-state index in [2.05, 4.69) is 0 Å². The van der Waals surface area contributed by atoms with Gasteiger partial charge in [0.05, 0.1) is 18.2 Å². The summed E-state index contributed by atoms with van der Waals surface area (Å²) in [5.41, 5.74) is -1.05. The highest BCUT2D eigenvalue weighted by Gasteiger charge is 2.55. The smallest absolute Gasteiger partial charge is 0.410 e. The van der Waals surface area contributed by atoms with Crippen LogP contribution in [0.25, 0.3) is 0 Å². The molecule has 0 aromatic heterocycles. The molecular formula is C12H21NO4. The third kappa shape index (κ3) is 2.26. The lowest BCUT2D eigenvalue weighted by Crippen LogP contribution is -2.72. The van der Waals surface area contributed by atoms with Gasteiger partial charge in [-0.25, -0.2) is 4.79 Å². The van der Waals surface area contributed by atoms with Crippen molar-refractivity contribution in [3.8, 4) is 0 Å². The molecule has 2 unspecified atom stereocenters. The summed E-state index contributed by atoms with van der Waals surface area (Å²) in [6, 6.07) is 0. The van der Waals surface area contributed by atoms with Gasteiger partial charge in [0.15, 0.2) is 0 Å². The van der Waals surface area contributed by atoms with Crippen molar-refractivity contribution < 1.29 is 19.4 Å². The van der Waals surface area contributed by atoms with E-state index in [1.54, 1.807) is 4.90 Å². The molecule has 2 rings (SSSR count). The Kier molecular flexibility index (Phi) is 3.08. The topological polar surface area (TPSA) is 59.0 Å². The summed E-state index contributed by atoms with van der Waals surface area (Å²) in [7, 11) is 0. The van der Waals surface area contributed by atoms with E-state index in [4.69, 9.17) is 9.47 Å². The molecule has 0 aromatic rings. The number of aliphatic hydroxyl groups excluding tert-OH is 1. The summed E-state index contributed by atoms with van der Waals surface area (Å²) in [4.78, 5) is 13.6. The van der Waals surface area contributed by atoms with Crippen LogP contribution < -0.4 is 0 Å². The van der Waals surface area contributed by atoms with Crippen LogP contribution >= 0.6 is 0 Å². The number of hydrogen-bond acceptors (Lipinski definition) is 4.